The molecule has 1 aromatic rings. The first-order valence-corrected chi connectivity index (χ1v) is 10.5. The molecule has 1 aliphatic rings. The number of hydrazine groups is 1. The number of benzene rings is 1. The molecule has 2 N–H and O–H groups in total. The van der Waals surface area contributed by atoms with Crippen LogP contribution in [0, 0.1) is 5.92 Å². The van der Waals surface area contributed by atoms with Crippen LogP contribution in [0.25, 0.3) is 0 Å². The van der Waals surface area contributed by atoms with Crippen molar-refractivity contribution in [2.45, 2.75) is 12.8 Å². The number of carbonyl (C=O) groups excluding carboxylic acids is 2. The molecule has 2 amide bonds. The topological polar surface area (TPSA) is 102 Å². The highest BCUT2D eigenvalue weighted by Crippen LogP contribution is 2.28. The highest BCUT2D eigenvalue weighted by atomic mass is 79.9. The second kappa shape index (κ2) is 8.30. The van der Waals surface area contributed by atoms with Crippen LogP contribution in [0.4, 0.5) is 0 Å². The smallest absolute Gasteiger partial charge is 0.276 e. The van der Waals surface area contributed by atoms with Gasteiger partial charge in [-0.05, 0) is 46.5 Å². The Morgan fingerprint density at radius 2 is 1.92 bits per heavy atom. The highest BCUT2D eigenvalue weighted by molar-refractivity contribution is 9.11. The van der Waals surface area contributed by atoms with E-state index in [0.717, 1.165) is 4.47 Å². The molecule has 7 nitrogen and oxygen atoms in total. The van der Waals surface area contributed by atoms with Gasteiger partial charge in [0, 0.05) is 10.9 Å². The van der Waals surface area contributed by atoms with Gasteiger partial charge in [-0.15, -0.1) is 0 Å². The van der Waals surface area contributed by atoms with E-state index < -0.39 is 21.7 Å². The number of amides is 2. The zero-order valence-electron chi connectivity index (χ0n) is 12.6. The molecule has 10 heteroatoms. The summed E-state index contributed by atoms with van der Waals surface area (Å²) in [6, 6.07) is 5.25. The van der Waals surface area contributed by atoms with Gasteiger partial charge in [-0.25, -0.2) is 8.42 Å². The first kappa shape index (κ1) is 19.2. The molecule has 2 rings (SSSR count). The normalized spacial score (nSPS) is 18.8. The largest absolute Gasteiger partial charge is 0.483 e. The van der Waals surface area contributed by atoms with Crippen molar-refractivity contribution < 1.29 is 22.7 Å². The SMILES string of the molecule is O=C(COc1ccc(Br)cc1Br)NNC(=O)CC1CCS(=O)(=O)C1. The molecule has 0 aliphatic carbocycles. The Hall–Kier alpha value is -1.13. The minimum Gasteiger partial charge on any atom is -0.483 e. The number of hydrogen-bond donors (Lipinski definition) is 2. The molecule has 1 aliphatic heterocycles. The van der Waals surface area contributed by atoms with Crippen molar-refractivity contribution in [1.29, 1.82) is 0 Å². The van der Waals surface area contributed by atoms with E-state index in [9.17, 15) is 18.0 Å². The quantitative estimate of drug-likeness (QED) is 0.619. The van der Waals surface area contributed by atoms with E-state index in [1.807, 2.05) is 0 Å². The van der Waals surface area contributed by atoms with E-state index in [4.69, 9.17) is 4.74 Å². The standard InChI is InChI=1S/C14H16Br2N2O5S/c15-10-1-2-12(11(16)6-10)23-7-14(20)18-17-13(19)5-9-3-4-24(21,22)8-9/h1-2,6,9H,3-5,7-8H2,(H,17,19)(H,18,20). The van der Waals surface area contributed by atoms with Gasteiger partial charge in [0.1, 0.15) is 5.75 Å². The number of rotatable bonds is 5. The Kier molecular flexibility index (Phi) is 6.64. The number of halogens is 2. The van der Waals surface area contributed by atoms with Gasteiger partial charge in [0.15, 0.2) is 16.4 Å². The monoisotopic (exact) mass is 482 g/mol. The van der Waals surface area contributed by atoms with Gasteiger partial charge in [0.05, 0.1) is 16.0 Å². The summed E-state index contributed by atoms with van der Waals surface area (Å²) in [6.07, 6.45) is 0.545. The van der Waals surface area contributed by atoms with Crippen molar-refractivity contribution in [3.05, 3.63) is 27.1 Å². The van der Waals surface area contributed by atoms with Crippen molar-refractivity contribution >= 4 is 53.5 Å². The predicted octanol–water partition coefficient (Wildman–Crippen LogP) is 1.56. The summed E-state index contributed by atoms with van der Waals surface area (Å²) in [6.45, 7) is -0.266. The van der Waals surface area contributed by atoms with Crippen LogP contribution in [0.1, 0.15) is 12.8 Å². The molecule has 1 saturated heterocycles. The molecule has 1 aromatic carbocycles. The maximum atomic E-state index is 11.7. The lowest BCUT2D eigenvalue weighted by molar-refractivity contribution is -0.130. The molecule has 0 bridgehead atoms. The van der Waals surface area contributed by atoms with Crippen LogP contribution in [0.5, 0.6) is 5.75 Å². The molecular weight excluding hydrogens is 468 g/mol. The summed E-state index contributed by atoms with van der Waals surface area (Å²) in [5.74, 6) is -0.493. The summed E-state index contributed by atoms with van der Waals surface area (Å²) in [5.41, 5.74) is 4.50. The van der Waals surface area contributed by atoms with Gasteiger partial charge < -0.3 is 4.74 Å². The maximum Gasteiger partial charge on any atom is 0.276 e. The molecular formula is C14H16Br2N2O5S. The molecule has 1 heterocycles. The third kappa shape index (κ3) is 6.06. The third-order valence-electron chi connectivity index (χ3n) is 3.39. The predicted molar refractivity (Wildman–Crippen MR) is 95.0 cm³/mol. The molecule has 0 spiro atoms. The van der Waals surface area contributed by atoms with E-state index in [0.29, 0.717) is 16.6 Å². The van der Waals surface area contributed by atoms with Crippen molar-refractivity contribution in [1.82, 2.24) is 10.9 Å². The van der Waals surface area contributed by atoms with Crippen molar-refractivity contribution in [2.75, 3.05) is 18.1 Å². The molecule has 0 radical (unpaired) electrons. The lowest BCUT2D eigenvalue weighted by Gasteiger charge is -2.11. The lowest BCUT2D eigenvalue weighted by Crippen LogP contribution is -2.44. The van der Waals surface area contributed by atoms with Gasteiger partial charge in [0.2, 0.25) is 5.91 Å². The van der Waals surface area contributed by atoms with Crippen LogP contribution in [-0.4, -0.2) is 38.3 Å². The van der Waals surface area contributed by atoms with E-state index in [2.05, 4.69) is 42.7 Å². The molecule has 1 unspecified atom stereocenters. The molecule has 0 aromatic heterocycles. The Labute approximate surface area is 156 Å². The second-order valence-electron chi connectivity index (χ2n) is 5.43. The number of sulfone groups is 1. The van der Waals surface area contributed by atoms with E-state index in [1.54, 1.807) is 18.2 Å². The van der Waals surface area contributed by atoms with Crippen molar-refractivity contribution in [3.63, 3.8) is 0 Å². The van der Waals surface area contributed by atoms with E-state index >= 15 is 0 Å². The number of ether oxygens (including phenoxy) is 1. The summed E-state index contributed by atoms with van der Waals surface area (Å²) in [5, 5.41) is 0. The first-order chi connectivity index (χ1) is 11.2. The first-order valence-electron chi connectivity index (χ1n) is 7.11. The molecule has 1 fully saturated rings. The maximum absolute atomic E-state index is 11.7. The molecule has 24 heavy (non-hydrogen) atoms. The Bertz CT molecular complexity index is 739. The molecule has 132 valence electrons. The van der Waals surface area contributed by atoms with Gasteiger partial charge in [-0.1, -0.05) is 15.9 Å². The third-order valence-corrected chi connectivity index (χ3v) is 6.34. The molecule has 1 atom stereocenters. The average molecular weight is 484 g/mol. The van der Waals surface area contributed by atoms with E-state index in [-0.39, 0.29) is 30.5 Å². The average Bonchev–Trinajstić information content (AvgIpc) is 2.83. The minimum atomic E-state index is -3.01. The number of carbonyl (C=O) groups is 2. The van der Waals surface area contributed by atoms with Crippen molar-refractivity contribution in [2.24, 2.45) is 5.92 Å². The Morgan fingerprint density at radius 3 is 2.54 bits per heavy atom. The fraction of sp³-hybridized carbons (Fsp3) is 0.429. The van der Waals surface area contributed by atoms with Crippen LogP contribution in [-0.2, 0) is 19.4 Å². The molecule has 0 saturated carbocycles. The van der Waals surface area contributed by atoms with Crippen LogP contribution >= 0.6 is 31.9 Å². The van der Waals surface area contributed by atoms with Crippen LogP contribution in [0.3, 0.4) is 0 Å². The number of nitrogens with one attached hydrogen (secondary N) is 2. The fourth-order valence-corrected chi connectivity index (χ4v) is 5.28. The zero-order valence-corrected chi connectivity index (χ0v) is 16.5. The zero-order chi connectivity index (χ0) is 17.7. The fourth-order valence-electron chi connectivity index (χ4n) is 2.26. The van der Waals surface area contributed by atoms with Crippen LogP contribution in [0.15, 0.2) is 27.1 Å². The van der Waals surface area contributed by atoms with Gasteiger partial charge in [-0.3, -0.25) is 20.4 Å². The van der Waals surface area contributed by atoms with Gasteiger partial charge >= 0.3 is 0 Å². The summed E-state index contributed by atoms with van der Waals surface area (Å²) < 4.78 is 29.6. The minimum absolute atomic E-state index is 0.0229. The Balaban J connectivity index is 1.70. The summed E-state index contributed by atoms with van der Waals surface area (Å²) in [7, 11) is -3.01. The summed E-state index contributed by atoms with van der Waals surface area (Å²) in [4.78, 5) is 23.4. The van der Waals surface area contributed by atoms with Crippen LogP contribution in [0.2, 0.25) is 0 Å². The van der Waals surface area contributed by atoms with Crippen molar-refractivity contribution in [3.8, 4) is 5.75 Å². The van der Waals surface area contributed by atoms with E-state index in [1.165, 1.54) is 0 Å². The Morgan fingerprint density at radius 1 is 1.21 bits per heavy atom. The van der Waals surface area contributed by atoms with Gasteiger partial charge in [0.25, 0.3) is 5.91 Å². The second-order valence-corrected chi connectivity index (χ2v) is 9.43. The highest BCUT2D eigenvalue weighted by Gasteiger charge is 2.29. The van der Waals surface area contributed by atoms with Crippen LogP contribution < -0.4 is 15.6 Å². The number of hydrogen-bond acceptors (Lipinski definition) is 5. The lowest BCUT2D eigenvalue weighted by atomic mass is 10.1. The van der Waals surface area contributed by atoms with Gasteiger partial charge in [-0.2, -0.15) is 0 Å². The summed E-state index contributed by atoms with van der Waals surface area (Å²) >= 11 is 6.62.